The van der Waals surface area contributed by atoms with Crippen molar-refractivity contribution in [2.75, 3.05) is 0 Å². The molecule has 0 radical (unpaired) electrons. The summed E-state index contributed by atoms with van der Waals surface area (Å²) < 4.78 is 13.7. The van der Waals surface area contributed by atoms with Gasteiger partial charge in [-0.3, -0.25) is 4.79 Å². The van der Waals surface area contributed by atoms with Crippen molar-refractivity contribution in [3.05, 3.63) is 71.0 Å². The Hall–Kier alpha value is -2.47. The Morgan fingerprint density at radius 1 is 1.16 bits per heavy atom. The molecule has 0 spiro atoms. The summed E-state index contributed by atoms with van der Waals surface area (Å²) in [6.07, 6.45) is 0. The summed E-state index contributed by atoms with van der Waals surface area (Å²) in [5, 5.41) is 9.19. The van der Waals surface area contributed by atoms with Crippen LogP contribution in [0.5, 0.6) is 0 Å². The number of ketones is 1. The van der Waals surface area contributed by atoms with E-state index in [0.29, 0.717) is 5.56 Å². The van der Waals surface area contributed by atoms with Gasteiger partial charge in [0.2, 0.25) is 0 Å². The van der Waals surface area contributed by atoms with E-state index in [9.17, 15) is 14.4 Å². The fourth-order valence-corrected chi connectivity index (χ4v) is 1.98. The van der Waals surface area contributed by atoms with Crippen molar-refractivity contribution in [1.82, 2.24) is 0 Å². The summed E-state index contributed by atoms with van der Waals surface area (Å²) in [5.74, 6) is -2.01. The van der Waals surface area contributed by atoms with Gasteiger partial charge in [0.1, 0.15) is 11.7 Å². The molecule has 1 unspecified atom stereocenters. The van der Waals surface area contributed by atoms with Gasteiger partial charge < -0.3 is 0 Å². The van der Waals surface area contributed by atoms with Crippen LogP contribution in [0.25, 0.3) is 0 Å². The zero-order valence-electron chi connectivity index (χ0n) is 10.4. The summed E-state index contributed by atoms with van der Waals surface area (Å²) in [5.41, 5.74) is 1.36. The van der Waals surface area contributed by atoms with Crippen LogP contribution in [0.4, 0.5) is 4.39 Å². The quantitative estimate of drug-likeness (QED) is 0.784. The highest BCUT2D eigenvalue weighted by atomic mass is 19.1. The molecule has 0 fully saturated rings. The molecule has 0 heterocycles. The van der Waals surface area contributed by atoms with Crippen molar-refractivity contribution in [1.29, 1.82) is 5.26 Å². The average Bonchev–Trinajstić information content (AvgIpc) is 2.42. The van der Waals surface area contributed by atoms with Crippen molar-refractivity contribution < 1.29 is 9.18 Å². The Labute approximate surface area is 111 Å². The Morgan fingerprint density at radius 2 is 1.79 bits per heavy atom. The Kier molecular flexibility index (Phi) is 3.72. The molecule has 2 nitrogen and oxygen atoms in total. The van der Waals surface area contributed by atoms with Gasteiger partial charge in [-0.05, 0) is 18.6 Å². The molecule has 0 aromatic heterocycles. The normalized spacial score (nSPS) is 11.6. The second kappa shape index (κ2) is 5.45. The number of aryl methyl sites for hydroxylation is 1. The van der Waals surface area contributed by atoms with Gasteiger partial charge in [0.25, 0.3) is 0 Å². The number of nitrogens with zero attached hydrogens (tertiary/aromatic N) is 1. The topological polar surface area (TPSA) is 40.9 Å². The molecule has 0 aliphatic carbocycles. The summed E-state index contributed by atoms with van der Waals surface area (Å²) in [6, 6.07) is 14.8. The molecule has 0 aliphatic rings. The lowest BCUT2D eigenvalue weighted by atomic mass is 9.90. The molecule has 94 valence electrons. The molecule has 0 bridgehead atoms. The van der Waals surface area contributed by atoms with E-state index in [1.807, 2.05) is 12.1 Å². The first-order chi connectivity index (χ1) is 9.15. The second-order valence-electron chi connectivity index (χ2n) is 4.26. The molecule has 0 saturated carbocycles. The zero-order chi connectivity index (χ0) is 13.8. The number of carbonyl (C=O) groups excluding carboxylic acids is 1. The van der Waals surface area contributed by atoms with E-state index in [-0.39, 0.29) is 11.3 Å². The van der Waals surface area contributed by atoms with Gasteiger partial charge in [0, 0.05) is 11.1 Å². The van der Waals surface area contributed by atoms with Gasteiger partial charge >= 0.3 is 0 Å². The van der Waals surface area contributed by atoms with E-state index >= 15 is 0 Å². The van der Waals surface area contributed by atoms with E-state index < -0.39 is 11.7 Å². The number of benzene rings is 2. The monoisotopic (exact) mass is 253 g/mol. The van der Waals surface area contributed by atoms with Gasteiger partial charge in [-0.25, -0.2) is 4.39 Å². The van der Waals surface area contributed by atoms with Crippen LogP contribution in [0, 0.1) is 24.1 Å². The third-order valence-electron chi connectivity index (χ3n) is 3.02. The first-order valence-corrected chi connectivity index (χ1v) is 5.89. The average molecular weight is 253 g/mol. The minimum absolute atomic E-state index is 0.123. The molecule has 0 saturated heterocycles. The van der Waals surface area contributed by atoms with E-state index in [1.54, 1.807) is 31.2 Å². The molecular formula is C16H12FNO. The van der Waals surface area contributed by atoms with Crippen molar-refractivity contribution in [2.24, 2.45) is 0 Å². The lowest BCUT2D eigenvalue weighted by Crippen LogP contribution is -2.13. The molecule has 0 aliphatic heterocycles. The largest absolute Gasteiger partial charge is 0.292 e. The number of Topliss-reactive ketones (excluding diaryl/α,β-unsaturated/α-hetero) is 1. The number of hydrogen-bond acceptors (Lipinski definition) is 2. The highest BCUT2D eigenvalue weighted by Gasteiger charge is 2.25. The van der Waals surface area contributed by atoms with Gasteiger partial charge in [-0.2, -0.15) is 5.26 Å². The smallest absolute Gasteiger partial charge is 0.184 e. The van der Waals surface area contributed by atoms with Crippen LogP contribution >= 0.6 is 0 Å². The molecule has 1 atom stereocenters. The second-order valence-corrected chi connectivity index (χ2v) is 4.26. The lowest BCUT2D eigenvalue weighted by Gasteiger charge is -2.11. The molecular weight excluding hydrogens is 241 g/mol. The molecule has 3 heteroatoms. The lowest BCUT2D eigenvalue weighted by molar-refractivity contribution is 0.0977. The first-order valence-electron chi connectivity index (χ1n) is 5.89. The number of carbonyl (C=O) groups is 1. The molecule has 2 aromatic carbocycles. The van der Waals surface area contributed by atoms with Crippen LogP contribution in [-0.2, 0) is 0 Å². The van der Waals surface area contributed by atoms with Gasteiger partial charge in [-0.15, -0.1) is 0 Å². The molecule has 0 N–H and O–H groups in total. The fourth-order valence-electron chi connectivity index (χ4n) is 1.98. The summed E-state index contributed by atoms with van der Waals surface area (Å²) in [7, 11) is 0. The SMILES string of the molecule is Cc1ccccc1C(=O)C(C#N)c1ccccc1F. The minimum atomic E-state index is -1.11. The van der Waals surface area contributed by atoms with Crippen molar-refractivity contribution in [3.63, 3.8) is 0 Å². The van der Waals surface area contributed by atoms with Crippen molar-refractivity contribution in [2.45, 2.75) is 12.8 Å². The van der Waals surface area contributed by atoms with Crippen LogP contribution in [0.2, 0.25) is 0 Å². The molecule has 2 aromatic rings. The van der Waals surface area contributed by atoms with Crippen LogP contribution < -0.4 is 0 Å². The van der Waals surface area contributed by atoms with Crippen LogP contribution in [0.1, 0.15) is 27.4 Å². The summed E-state index contributed by atoms with van der Waals surface area (Å²) >= 11 is 0. The standard InChI is InChI=1S/C16H12FNO/c1-11-6-2-3-7-12(11)16(19)14(10-18)13-8-4-5-9-15(13)17/h2-9,14H,1H3. The maximum atomic E-state index is 13.7. The fraction of sp³-hybridized carbons (Fsp3) is 0.125. The van der Waals surface area contributed by atoms with Gasteiger partial charge in [0.15, 0.2) is 5.78 Å². The summed E-state index contributed by atoms with van der Waals surface area (Å²) in [4.78, 5) is 12.4. The Balaban J connectivity index is 2.45. The van der Waals surface area contributed by atoms with E-state index in [2.05, 4.69) is 0 Å². The zero-order valence-corrected chi connectivity index (χ0v) is 10.4. The van der Waals surface area contributed by atoms with Gasteiger partial charge in [-0.1, -0.05) is 42.5 Å². The van der Waals surface area contributed by atoms with Crippen LogP contribution in [-0.4, -0.2) is 5.78 Å². The highest BCUT2D eigenvalue weighted by Crippen LogP contribution is 2.24. The molecule has 0 amide bonds. The Morgan fingerprint density at radius 3 is 2.42 bits per heavy atom. The predicted molar refractivity (Wildman–Crippen MR) is 70.3 cm³/mol. The third kappa shape index (κ3) is 2.53. The minimum Gasteiger partial charge on any atom is -0.292 e. The van der Waals surface area contributed by atoms with E-state index in [1.165, 1.54) is 18.2 Å². The highest BCUT2D eigenvalue weighted by molar-refractivity contribution is 6.03. The van der Waals surface area contributed by atoms with Crippen molar-refractivity contribution in [3.8, 4) is 6.07 Å². The first kappa shape index (κ1) is 13.0. The molecule has 2 rings (SSSR count). The Bertz CT molecular complexity index is 658. The van der Waals surface area contributed by atoms with E-state index in [4.69, 9.17) is 0 Å². The van der Waals surface area contributed by atoms with Crippen LogP contribution in [0.3, 0.4) is 0 Å². The van der Waals surface area contributed by atoms with Crippen molar-refractivity contribution >= 4 is 5.78 Å². The third-order valence-corrected chi connectivity index (χ3v) is 3.02. The summed E-state index contributed by atoms with van der Waals surface area (Å²) in [6.45, 7) is 1.79. The van der Waals surface area contributed by atoms with Crippen LogP contribution in [0.15, 0.2) is 48.5 Å². The predicted octanol–water partition coefficient (Wildman–Crippen LogP) is 3.62. The number of hydrogen-bond donors (Lipinski definition) is 0. The maximum absolute atomic E-state index is 13.7. The van der Waals surface area contributed by atoms with E-state index in [0.717, 1.165) is 5.56 Å². The number of nitriles is 1. The maximum Gasteiger partial charge on any atom is 0.184 e. The number of halogens is 1. The van der Waals surface area contributed by atoms with Gasteiger partial charge in [0.05, 0.1) is 6.07 Å². The molecule has 19 heavy (non-hydrogen) atoms. The number of rotatable bonds is 3.